The van der Waals surface area contributed by atoms with E-state index in [2.05, 4.69) is 0 Å². The van der Waals surface area contributed by atoms with Crippen molar-refractivity contribution in [2.24, 2.45) is 0 Å². The molecule has 0 amide bonds. The minimum atomic E-state index is -0.728. The number of benzene rings is 3. The fourth-order valence-corrected chi connectivity index (χ4v) is 4.55. The minimum Gasteiger partial charge on any atom is -0.504 e. The molecule has 0 bridgehead atoms. The molecule has 3 aromatic carbocycles. The Hall–Kier alpha value is -4.46. The molecule has 0 radical (unpaired) electrons. The van der Waals surface area contributed by atoms with Crippen LogP contribution in [-0.4, -0.2) is 29.4 Å². The smallest absolute Gasteiger partial charge is 0.312 e. The zero-order valence-electron chi connectivity index (χ0n) is 19.9. The summed E-state index contributed by atoms with van der Waals surface area (Å²) in [6, 6.07) is 15.5. The Morgan fingerprint density at radius 2 is 1.75 bits per heavy atom. The maximum atomic E-state index is 13.2. The molecule has 0 fully saturated rings. The predicted molar refractivity (Wildman–Crippen MR) is 132 cm³/mol. The Morgan fingerprint density at radius 3 is 2.44 bits per heavy atom. The lowest BCUT2D eigenvalue weighted by molar-refractivity contribution is -0.135. The first-order chi connectivity index (χ1) is 17.3. The summed E-state index contributed by atoms with van der Waals surface area (Å²) >= 11 is 0. The van der Waals surface area contributed by atoms with Crippen molar-refractivity contribution in [3.63, 3.8) is 0 Å². The normalized spacial score (nSPS) is 15.0. The molecule has 36 heavy (non-hydrogen) atoms. The van der Waals surface area contributed by atoms with Crippen molar-refractivity contribution in [3.05, 3.63) is 75.9 Å². The molecule has 5 rings (SSSR count). The summed E-state index contributed by atoms with van der Waals surface area (Å²) < 4.78 is 23.2. The second-order valence-corrected chi connectivity index (χ2v) is 8.76. The van der Waals surface area contributed by atoms with Crippen LogP contribution in [0.3, 0.4) is 0 Å². The van der Waals surface area contributed by atoms with Gasteiger partial charge in [0.1, 0.15) is 16.7 Å². The van der Waals surface area contributed by atoms with E-state index in [9.17, 15) is 19.8 Å². The van der Waals surface area contributed by atoms with Crippen LogP contribution in [-0.2, 0) is 4.79 Å². The maximum Gasteiger partial charge on any atom is 0.312 e. The molecular formula is C28H24O8. The molecule has 0 saturated heterocycles. The number of rotatable bonds is 5. The van der Waals surface area contributed by atoms with Gasteiger partial charge in [-0.15, -0.1) is 0 Å². The predicted octanol–water partition coefficient (Wildman–Crippen LogP) is 5.11. The first-order valence-corrected chi connectivity index (χ1v) is 11.5. The maximum absolute atomic E-state index is 13.2. The van der Waals surface area contributed by atoms with Crippen LogP contribution < -0.4 is 19.6 Å². The van der Waals surface area contributed by atoms with Gasteiger partial charge in [-0.25, -0.2) is 0 Å². The molecule has 0 aliphatic carbocycles. The first kappa shape index (κ1) is 23.3. The number of carbonyl (C=O) groups is 1. The number of ether oxygens (including phenoxy) is 3. The topological polar surface area (TPSA) is 115 Å². The van der Waals surface area contributed by atoms with Crippen LogP contribution in [0.4, 0.5) is 0 Å². The monoisotopic (exact) mass is 488 g/mol. The molecule has 2 heterocycles. The third-order valence-corrected chi connectivity index (χ3v) is 6.06. The van der Waals surface area contributed by atoms with Crippen LogP contribution in [0.2, 0.25) is 0 Å². The van der Waals surface area contributed by atoms with E-state index in [1.165, 1.54) is 13.2 Å². The van der Waals surface area contributed by atoms with Gasteiger partial charge in [0.15, 0.2) is 28.4 Å². The van der Waals surface area contributed by atoms with E-state index in [4.69, 9.17) is 18.6 Å². The number of phenols is 2. The number of fused-ring (bicyclic) bond motifs is 3. The molecule has 2 N–H and O–H groups in total. The van der Waals surface area contributed by atoms with Crippen LogP contribution in [0, 0.1) is 0 Å². The largest absolute Gasteiger partial charge is 0.504 e. The molecule has 1 aliphatic rings. The highest BCUT2D eigenvalue weighted by Gasteiger charge is 2.38. The Morgan fingerprint density at radius 1 is 1.00 bits per heavy atom. The number of methoxy groups -OCH3 is 1. The van der Waals surface area contributed by atoms with Crippen molar-refractivity contribution in [2.45, 2.75) is 32.3 Å². The molecule has 8 nitrogen and oxygen atoms in total. The van der Waals surface area contributed by atoms with Crippen LogP contribution >= 0.6 is 0 Å². The molecule has 0 spiro atoms. The van der Waals surface area contributed by atoms with Gasteiger partial charge in [0.25, 0.3) is 0 Å². The fraction of sp³-hybridized carbons (Fsp3) is 0.214. The van der Waals surface area contributed by atoms with Gasteiger partial charge in [0.05, 0.1) is 25.2 Å². The number of esters is 1. The Kier molecular flexibility index (Phi) is 5.80. The van der Waals surface area contributed by atoms with Gasteiger partial charge in [0.2, 0.25) is 5.75 Å². The van der Waals surface area contributed by atoms with Gasteiger partial charge in [-0.05, 0) is 19.9 Å². The van der Waals surface area contributed by atoms with Gasteiger partial charge in [-0.3, -0.25) is 9.59 Å². The second-order valence-electron chi connectivity index (χ2n) is 8.76. The quantitative estimate of drug-likeness (QED) is 0.226. The molecule has 1 aliphatic heterocycles. The van der Waals surface area contributed by atoms with Gasteiger partial charge in [-0.2, -0.15) is 0 Å². The Balaban J connectivity index is 1.86. The number of carbonyl (C=O) groups excluding carboxylic acids is 1. The van der Waals surface area contributed by atoms with Crippen LogP contribution in [0.1, 0.15) is 37.3 Å². The van der Waals surface area contributed by atoms with Crippen molar-refractivity contribution >= 4 is 16.9 Å². The number of aromatic hydroxyl groups is 2. The molecule has 184 valence electrons. The lowest BCUT2D eigenvalue weighted by atomic mass is 9.84. The zero-order valence-corrected chi connectivity index (χ0v) is 19.9. The lowest BCUT2D eigenvalue weighted by Crippen LogP contribution is -2.23. The van der Waals surface area contributed by atoms with Crippen molar-refractivity contribution < 1.29 is 33.6 Å². The van der Waals surface area contributed by atoms with Gasteiger partial charge in [-0.1, -0.05) is 42.5 Å². The van der Waals surface area contributed by atoms with Gasteiger partial charge in [0, 0.05) is 23.1 Å². The molecule has 1 aromatic heterocycles. The van der Waals surface area contributed by atoms with Crippen molar-refractivity contribution in [1.29, 1.82) is 0 Å². The summed E-state index contributed by atoms with van der Waals surface area (Å²) in [5, 5.41) is 21.3. The van der Waals surface area contributed by atoms with E-state index in [0.29, 0.717) is 22.6 Å². The third-order valence-electron chi connectivity index (χ3n) is 6.06. The highest BCUT2D eigenvalue weighted by Crippen LogP contribution is 2.54. The number of para-hydroxylation sites is 1. The van der Waals surface area contributed by atoms with E-state index in [-0.39, 0.29) is 40.6 Å². The van der Waals surface area contributed by atoms with E-state index in [1.807, 2.05) is 19.9 Å². The molecule has 4 aromatic rings. The first-order valence-electron chi connectivity index (χ1n) is 11.5. The van der Waals surface area contributed by atoms with E-state index < -0.39 is 28.8 Å². The molecule has 0 saturated carbocycles. The second kappa shape index (κ2) is 8.96. The molecule has 1 atom stereocenters. The summed E-state index contributed by atoms with van der Waals surface area (Å²) in [5.41, 5.74) is 0.956. The van der Waals surface area contributed by atoms with E-state index in [1.54, 1.807) is 42.5 Å². The summed E-state index contributed by atoms with van der Waals surface area (Å²) in [6.07, 6.45) is -0.324. The Labute approximate surface area is 206 Å². The van der Waals surface area contributed by atoms with Crippen LogP contribution in [0.15, 0.2) is 63.8 Å². The summed E-state index contributed by atoms with van der Waals surface area (Å²) in [6.45, 7) is 3.73. The molecule has 8 heteroatoms. The van der Waals surface area contributed by atoms with E-state index >= 15 is 0 Å². The average molecular weight is 488 g/mol. The lowest BCUT2D eigenvalue weighted by Gasteiger charge is -2.28. The average Bonchev–Trinajstić information content (AvgIpc) is 2.86. The summed E-state index contributed by atoms with van der Waals surface area (Å²) in [5.74, 6) is -1.88. The Bertz CT molecular complexity index is 1540. The van der Waals surface area contributed by atoms with Crippen LogP contribution in [0.25, 0.3) is 22.3 Å². The standard InChI is InChI=1S/C28H24O8/c1-14(2)34-26-16(10-7-11-19(26)33-3)17-12-21(30)36-28-22(17)27-23(24(31)25(28)32)18(29)13-20(35-27)15-8-5-4-6-9-15/h4-11,13-14,17,31-32H,12H2,1-3H3/t17-/m0/s1. The SMILES string of the molecule is COc1cccc([C@@H]2CC(=O)Oc3c(O)c(O)c4c(=O)cc(-c5ccccc5)oc4c32)c1OC(C)C. The highest BCUT2D eigenvalue weighted by molar-refractivity contribution is 5.96. The van der Waals surface area contributed by atoms with Crippen molar-refractivity contribution in [3.8, 4) is 40.1 Å². The zero-order chi connectivity index (χ0) is 25.6. The number of hydrogen-bond acceptors (Lipinski definition) is 8. The number of phenolic OH excluding ortho intramolecular Hbond substituents is 2. The number of hydrogen-bond donors (Lipinski definition) is 2. The highest BCUT2D eigenvalue weighted by atomic mass is 16.5. The van der Waals surface area contributed by atoms with Crippen LogP contribution in [0.5, 0.6) is 28.7 Å². The minimum absolute atomic E-state index is 0.0162. The molecule has 0 unspecified atom stereocenters. The summed E-state index contributed by atoms with van der Waals surface area (Å²) in [7, 11) is 1.51. The fourth-order valence-electron chi connectivity index (χ4n) is 4.55. The third kappa shape index (κ3) is 3.80. The van der Waals surface area contributed by atoms with Gasteiger partial charge < -0.3 is 28.8 Å². The van der Waals surface area contributed by atoms with Crippen molar-refractivity contribution in [2.75, 3.05) is 7.11 Å². The summed E-state index contributed by atoms with van der Waals surface area (Å²) in [4.78, 5) is 25.8. The molecular weight excluding hydrogens is 464 g/mol. The van der Waals surface area contributed by atoms with Gasteiger partial charge >= 0.3 is 5.97 Å². The van der Waals surface area contributed by atoms with Crippen molar-refractivity contribution in [1.82, 2.24) is 0 Å². The van der Waals surface area contributed by atoms with E-state index in [0.717, 1.165) is 0 Å².